The van der Waals surface area contributed by atoms with Crippen molar-refractivity contribution in [3.8, 4) is 0 Å². The van der Waals surface area contributed by atoms with Gasteiger partial charge in [-0.3, -0.25) is 0 Å². The lowest BCUT2D eigenvalue weighted by atomic mass is 10.2. The summed E-state index contributed by atoms with van der Waals surface area (Å²) in [6.45, 7) is 1.41. The highest BCUT2D eigenvalue weighted by Gasteiger charge is 2.22. The maximum absolute atomic E-state index is 11.0. The zero-order chi connectivity index (χ0) is 12.5. The minimum atomic E-state index is -0.951. The Morgan fingerprint density at radius 3 is 3.11 bits per heavy atom. The Morgan fingerprint density at radius 2 is 2.28 bits per heavy atom. The number of benzene rings is 1. The van der Waals surface area contributed by atoms with E-state index in [1.807, 2.05) is 12.1 Å². The number of anilines is 1. The third-order valence-corrected chi connectivity index (χ3v) is 3.83. The van der Waals surface area contributed by atoms with E-state index in [0.29, 0.717) is 12.2 Å². The molecule has 0 radical (unpaired) electrons. The standard InChI is InChI=1S/C12H11N3O2S/c16-12(17)11-9(13-14-18-11)7-15-6-5-8-3-1-2-4-10(8)15/h1-4H,5-7H2,(H,16,17). The average molecular weight is 261 g/mol. The molecule has 0 saturated carbocycles. The normalized spacial score (nSPS) is 13.7. The first-order chi connectivity index (χ1) is 8.75. The van der Waals surface area contributed by atoms with E-state index in [1.165, 1.54) is 11.3 Å². The van der Waals surface area contributed by atoms with Crippen LogP contribution in [-0.4, -0.2) is 27.2 Å². The van der Waals surface area contributed by atoms with Crippen molar-refractivity contribution in [3.05, 3.63) is 40.4 Å². The van der Waals surface area contributed by atoms with Crippen LogP contribution in [0.4, 0.5) is 5.69 Å². The topological polar surface area (TPSA) is 66.3 Å². The van der Waals surface area contributed by atoms with Gasteiger partial charge in [0.1, 0.15) is 5.69 Å². The third kappa shape index (κ3) is 1.84. The van der Waals surface area contributed by atoms with Crippen LogP contribution >= 0.6 is 11.5 Å². The van der Waals surface area contributed by atoms with E-state index in [9.17, 15) is 4.79 Å². The second-order valence-corrected chi connectivity index (χ2v) is 4.91. The predicted molar refractivity (Wildman–Crippen MR) is 68.1 cm³/mol. The van der Waals surface area contributed by atoms with Gasteiger partial charge in [-0.05, 0) is 29.6 Å². The summed E-state index contributed by atoms with van der Waals surface area (Å²) in [5.41, 5.74) is 3.02. The van der Waals surface area contributed by atoms with Crippen molar-refractivity contribution in [3.63, 3.8) is 0 Å². The van der Waals surface area contributed by atoms with Gasteiger partial charge in [-0.2, -0.15) is 0 Å². The van der Waals surface area contributed by atoms with E-state index < -0.39 is 5.97 Å². The molecule has 3 rings (SSSR count). The lowest BCUT2D eigenvalue weighted by molar-refractivity contribution is 0.0700. The number of rotatable bonds is 3. The van der Waals surface area contributed by atoms with Crippen molar-refractivity contribution in [1.82, 2.24) is 9.59 Å². The van der Waals surface area contributed by atoms with Crippen molar-refractivity contribution in [1.29, 1.82) is 0 Å². The Hall–Kier alpha value is -1.95. The molecule has 1 aromatic carbocycles. The molecule has 0 amide bonds. The molecule has 0 bridgehead atoms. The Labute approximate surface area is 108 Å². The largest absolute Gasteiger partial charge is 0.477 e. The van der Waals surface area contributed by atoms with E-state index in [1.54, 1.807) is 0 Å². The maximum atomic E-state index is 11.0. The van der Waals surface area contributed by atoms with Crippen LogP contribution in [0.5, 0.6) is 0 Å². The quantitative estimate of drug-likeness (QED) is 0.912. The van der Waals surface area contributed by atoms with Crippen LogP contribution in [0.1, 0.15) is 20.9 Å². The molecule has 5 nitrogen and oxygen atoms in total. The Morgan fingerprint density at radius 1 is 1.44 bits per heavy atom. The van der Waals surface area contributed by atoms with E-state index >= 15 is 0 Å². The van der Waals surface area contributed by atoms with Crippen LogP contribution < -0.4 is 4.90 Å². The second-order valence-electron chi connectivity index (χ2n) is 4.15. The molecule has 18 heavy (non-hydrogen) atoms. The van der Waals surface area contributed by atoms with Crippen LogP contribution in [0, 0.1) is 0 Å². The van der Waals surface area contributed by atoms with Gasteiger partial charge in [-0.15, -0.1) is 5.10 Å². The maximum Gasteiger partial charge on any atom is 0.349 e. The molecular weight excluding hydrogens is 250 g/mol. The third-order valence-electron chi connectivity index (χ3n) is 3.07. The van der Waals surface area contributed by atoms with E-state index in [4.69, 9.17) is 5.11 Å². The van der Waals surface area contributed by atoms with Crippen LogP contribution in [-0.2, 0) is 13.0 Å². The van der Waals surface area contributed by atoms with Crippen molar-refractivity contribution in [2.24, 2.45) is 0 Å². The number of carboxylic acid groups (broad SMARTS) is 1. The highest BCUT2D eigenvalue weighted by atomic mass is 32.1. The fourth-order valence-corrected chi connectivity index (χ4v) is 2.74. The molecule has 1 aliphatic heterocycles. The van der Waals surface area contributed by atoms with Gasteiger partial charge in [-0.1, -0.05) is 22.7 Å². The first kappa shape index (κ1) is 11.2. The average Bonchev–Trinajstić information content (AvgIpc) is 2.97. The number of fused-ring (bicyclic) bond motifs is 1. The van der Waals surface area contributed by atoms with E-state index in [0.717, 1.165) is 24.5 Å². The van der Waals surface area contributed by atoms with Gasteiger partial charge in [0, 0.05) is 12.2 Å². The summed E-state index contributed by atoms with van der Waals surface area (Å²) in [6.07, 6.45) is 0.996. The van der Waals surface area contributed by atoms with Gasteiger partial charge >= 0.3 is 5.97 Å². The van der Waals surface area contributed by atoms with Crippen LogP contribution in [0.2, 0.25) is 0 Å². The van der Waals surface area contributed by atoms with Crippen LogP contribution in [0.25, 0.3) is 0 Å². The summed E-state index contributed by atoms with van der Waals surface area (Å²) in [4.78, 5) is 13.4. The Kier molecular flexibility index (Phi) is 2.71. The minimum Gasteiger partial charge on any atom is -0.477 e. The van der Waals surface area contributed by atoms with Crippen LogP contribution in [0.3, 0.4) is 0 Å². The number of carbonyl (C=O) groups is 1. The van der Waals surface area contributed by atoms with Gasteiger partial charge in [0.2, 0.25) is 0 Å². The highest BCUT2D eigenvalue weighted by molar-refractivity contribution is 7.07. The lowest BCUT2D eigenvalue weighted by Gasteiger charge is -2.17. The Bertz CT molecular complexity index is 597. The molecule has 1 aliphatic rings. The molecule has 0 unspecified atom stereocenters. The van der Waals surface area contributed by atoms with Gasteiger partial charge < -0.3 is 10.0 Å². The molecule has 0 fully saturated rings. The molecule has 2 heterocycles. The molecule has 92 valence electrons. The molecule has 6 heteroatoms. The smallest absolute Gasteiger partial charge is 0.349 e. The molecule has 0 spiro atoms. The van der Waals surface area contributed by atoms with E-state index in [2.05, 4.69) is 26.6 Å². The molecule has 0 atom stereocenters. The molecule has 1 aromatic heterocycles. The number of nitrogens with zero attached hydrogens (tertiary/aromatic N) is 3. The minimum absolute atomic E-state index is 0.236. The SMILES string of the molecule is O=C(O)c1snnc1CN1CCc2ccccc21. The summed E-state index contributed by atoms with van der Waals surface area (Å²) in [7, 11) is 0. The summed E-state index contributed by atoms with van der Waals surface area (Å²) >= 11 is 0.935. The number of hydrogen-bond donors (Lipinski definition) is 1. The monoisotopic (exact) mass is 261 g/mol. The number of para-hydroxylation sites is 1. The number of hydrogen-bond acceptors (Lipinski definition) is 5. The zero-order valence-electron chi connectivity index (χ0n) is 9.54. The fourth-order valence-electron chi connectivity index (χ4n) is 2.23. The molecule has 2 aromatic rings. The van der Waals surface area contributed by atoms with Crippen molar-refractivity contribution >= 4 is 23.2 Å². The first-order valence-corrected chi connectivity index (χ1v) is 6.40. The van der Waals surface area contributed by atoms with Crippen molar-refractivity contribution in [2.45, 2.75) is 13.0 Å². The number of aromatic nitrogens is 2. The highest BCUT2D eigenvalue weighted by Crippen LogP contribution is 2.29. The zero-order valence-corrected chi connectivity index (χ0v) is 10.4. The molecular formula is C12H11N3O2S. The summed E-state index contributed by atoms with van der Waals surface area (Å²) in [6, 6.07) is 8.18. The van der Waals surface area contributed by atoms with Crippen molar-refractivity contribution < 1.29 is 9.90 Å². The first-order valence-electron chi connectivity index (χ1n) is 5.63. The molecule has 0 aliphatic carbocycles. The number of aromatic carboxylic acids is 1. The van der Waals surface area contributed by atoms with Gasteiger partial charge in [0.05, 0.1) is 6.54 Å². The van der Waals surface area contributed by atoms with Gasteiger partial charge in [0.25, 0.3) is 0 Å². The predicted octanol–water partition coefficient (Wildman–Crippen LogP) is 1.80. The van der Waals surface area contributed by atoms with Gasteiger partial charge in [0.15, 0.2) is 4.88 Å². The summed E-state index contributed by atoms with van der Waals surface area (Å²) < 4.78 is 3.73. The van der Waals surface area contributed by atoms with Gasteiger partial charge in [-0.25, -0.2) is 4.79 Å². The van der Waals surface area contributed by atoms with E-state index in [-0.39, 0.29) is 4.88 Å². The second kappa shape index (κ2) is 4.38. The van der Waals surface area contributed by atoms with Crippen LogP contribution in [0.15, 0.2) is 24.3 Å². The molecule has 1 N–H and O–H groups in total. The van der Waals surface area contributed by atoms with Crippen molar-refractivity contribution in [2.75, 3.05) is 11.4 Å². The summed E-state index contributed by atoms with van der Waals surface area (Å²) in [5.74, 6) is -0.951. The Balaban J connectivity index is 1.86. The number of carboxylic acids is 1. The fraction of sp³-hybridized carbons (Fsp3) is 0.250. The summed E-state index contributed by atoms with van der Waals surface area (Å²) in [5, 5.41) is 13.0. The molecule has 0 saturated heterocycles. The lowest BCUT2D eigenvalue weighted by Crippen LogP contribution is -2.21.